The summed E-state index contributed by atoms with van der Waals surface area (Å²) >= 11 is 0. The third-order valence-corrected chi connectivity index (χ3v) is 4.95. The molecule has 0 aromatic heterocycles. The smallest absolute Gasteiger partial charge is 0.325 e. The highest BCUT2D eigenvalue weighted by Gasteiger charge is 2.28. The SMILES string of the molecule is CC(C)(C)OC(=O)CNC(=O)[C@@H](CC(=O)OCc1ccccc1)CC1CCCC1. The summed E-state index contributed by atoms with van der Waals surface area (Å²) < 4.78 is 10.6. The van der Waals surface area contributed by atoms with Gasteiger partial charge in [0.2, 0.25) is 5.91 Å². The molecule has 6 heteroatoms. The number of rotatable bonds is 9. The number of hydrogen-bond donors (Lipinski definition) is 1. The van der Waals surface area contributed by atoms with Gasteiger partial charge in [-0.25, -0.2) is 0 Å². The van der Waals surface area contributed by atoms with Gasteiger partial charge in [0.25, 0.3) is 0 Å². The van der Waals surface area contributed by atoms with Gasteiger partial charge in [0.15, 0.2) is 0 Å². The fourth-order valence-electron chi connectivity index (χ4n) is 3.61. The summed E-state index contributed by atoms with van der Waals surface area (Å²) in [6.07, 6.45) is 5.14. The van der Waals surface area contributed by atoms with E-state index < -0.39 is 23.5 Å². The highest BCUT2D eigenvalue weighted by Crippen LogP contribution is 2.31. The van der Waals surface area contributed by atoms with E-state index in [-0.39, 0.29) is 25.5 Å². The Hall–Kier alpha value is -2.37. The number of carbonyl (C=O) groups excluding carboxylic acids is 3. The first kappa shape index (κ1) is 22.9. The number of benzene rings is 1. The van der Waals surface area contributed by atoms with Gasteiger partial charge in [-0.05, 0) is 38.7 Å². The van der Waals surface area contributed by atoms with E-state index in [0.29, 0.717) is 12.3 Å². The van der Waals surface area contributed by atoms with Crippen LogP contribution in [-0.2, 0) is 30.5 Å². The van der Waals surface area contributed by atoms with Gasteiger partial charge < -0.3 is 14.8 Å². The second-order valence-corrected chi connectivity index (χ2v) is 8.74. The van der Waals surface area contributed by atoms with Crippen LogP contribution in [0.4, 0.5) is 0 Å². The van der Waals surface area contributed by atoms with E-state index in [1.807, 2.05) is 30.3 Å². The number of amides is 1. The minimum Gasteiger partial charge on any atom is -0.461 e. The van der Waals surface area contributed by atoms with Gasteiger partial charge in [-0.1, -0.05) is 56.0 Å². The number of carbonyl (C=O) groups is 3. The van der Waals surface area contributed by atoms with Crippen LogP contribution >= 0.6 is 0 Å². The van der Waals surface area contributed by atoms with E-state index in [4.69, 9.17) is 9.47 Å². The number of hydrogen-bond acceptors (Lipinski definition) is 5. The summed E-state index contributed by atoms with van der Waals surface area (Å²) in [5.74, 6) is -1.24. The average Bonchev–Trinajstić information content (AvgIpc) is 3.16. The summed E-state index contributed by atoms with van der Waals surface area (Å²) in [5, 5.41) is 2.64. The Kier molecular flexibility index (Phi) is 8.68. The van der Waals surface area contributed by atoms with Gasteiger partial charge in [0.1, 0.15) is 18.8 Å². The van der Waals surface area contributed by atoms with Gasteiger partial charge in [-0.2, -0.15) is 0 Å². The molecule has 1 amide bonds. The summed E-state index contributed by atoms with van der Waals surface area (Å²) in [4.78, 5) is 36.9. The fraction of sp³-hybridized carbons (Fsp3) is 0.609. The standard InChI is InChI=1S/C23H33NO5/c1-23(2,3)29-21(26)15-24-22(27)19(13-17-9-7-8-10-17)14-20(25)28-16-18-11-5-4-6-12-18/h4-6,11-12,17,19H,7-10,13-16H2,1-3H3,(H,24,27)/t19-/m1/s1. The summed E-state index contributed by atoms with van der Waals surface area (Å²) in [6, 6.07) is 9.44. The number of nitrogens with one attached hydrogen (secondary N) is 1. The predicted octanol–water partition coefficient (Wildman–Crippen LogP) is 3.77. The predicted molar refractivity (Wildman–Crippen MR) is 110 cm³/mol. The monoisotopic (exact) mass is 403 g/mol. The van der Waals surface area contributed by atoms with Crippen molar-refractivity contribution in [2.45, 2.75) is 71.5 Å². The molecule has 1 aliphatic rings. The zero-order valence-corrected chi connectivity index (χ0v) is 17.7. The lowest BCUT2D eigenvalue weighted by Gasteiger charge is -2.21. The molecule has 0 bridgehead atoms. The molecule has 6 nitrogen and oxygen atoms in total. The summed E-state index contributed by atoms with van der Waals surface area (Å²) in [5.41, 5.74) is 0.300. The second-order valence-electron chi connectivity index (χ2n) is 8.74. The molecule has 0 unspecified atom stereocenters. The van der Waals surface area contributed by atoms with Gasteiger partial charge >= 0.3 is 11.9 Å². The molecule has 1 aromatic carbocycles. The van der Waals surface area contributed by atoms with Crippen molar-refractivity contribution in [1.29, 1.82) is 0 Å². The molecule has 1 atom stereocenters. The lowest BCUT2D eigenvalue weighted by atomic mass is 9.90. The summed E-state index contributed by atoms with van der Waals surface area (Å²) in [7, 11) is 0. The second kappa shape index (κ2) is 11.0. The van der Waals surface area contributed by atoms with Crippen molar-refractivity contribution in [2.75, 3.05) is 6.54 Å². The zero-order chi connectivity index (χ0) is 21.3. The van der Waals surface area contributed by atoms with E-state index in [2.05, 4.69) is 5.32 Å². The molecule has 0 radical (unpaired) electrons. The van der Waals surface area contributed by atoms with Crippen LogP contribution in [0.15, 0.2) is 30.3 Å². The molecular formula is C23H33NO5. The Morgan fingerprint density at radius 2 is 1.72 bits per heavy atom. The minimum atomic E-state index is -0.605. The Balaban J connectivity index is 1.88. The molecule has 1 N–H and O–H groups in total. The van der Waals surface area contributed by atoms with Crippen LogP contribution in [0, 0.1) is 11.8 Å². The van der Waals surface area contributed by atoms with E-state index in [9.17, 15) is 14.4 Å². The third kappa shape index (κ3) is 9.11. The molecule has 0 aliphatic heterocycles. The molecule has 0 spiro atoms. The van der Waals surface area contributed by atoms with E-state index in [0.717, 1.165) is 31.2 Å². The van der Waals surface area contributed by atoms with Crippen molar-refractivity contribution in [3.63, 3.8) is 0 Å². The normalized spacial score (nSPS) is 15.6. The molecule has 1 aromatic rings. The topological polar surface area (TPSA) is 81.7 Å². The average molecular weight is 404 g/mol. The van der Waals surface area contributed by atoms with E-state index >= 15 is 0 Å². The van der Waals surface area contributed by atoms with Crippen LogP contribution in [-0.4, -0.2) is 30.0 Å². The molecule has 29 heavy (non-hydrogen) atoms. The van der Waals surface area contributed by atoms with Crippen LogP contribution in [0.3, 0.4) is 0 Å². The maximum Gasteiger partial charge on any atom is 0.325 e. The van der Waals surface area contributed by atoms with Crippen LogP contribution in [0.2, 0.25) is 0 Å². The molecular weight excluding hydrogens is 370 g/mol. The Morgan fingerprint density at radius 3 is 2.34 bits per heavy atom. The first-order valence-electron chi connectivity index (χ1n) is 10.4. The molecule has 160 valence electrons. The Labute approximate surface area is 173 Å². The van der Waals surface area contributed by atoms with Crippen molar-refractivity contribution in [2.24, 2.45) is 11.8 Å². The highest BCUT2D eigenvalue weighted by atomic mass is 16.6. The van der Waals surface area contributed by atoms with E-state index in [1.165, 1.54) is 0 Å². The Bertz CT molecular complexity index is 674. The highest BCUT2D eigenvalue weighted by molar-refractivity contribution is 5.86. The first-order chi connectivity index (χ1) is 13.7. The van der Waals surface area contributed by atoms with Gasteiger partial charge in [0, 0.05) is 5.92 Å². The van der Waals surface area contributed by atoms with Crippen molar-refractivity contribution >= 4 is 17.8 Å². The maximum absolute atomic E-state index is 12.7. The lowest BCUT2D eigenvalue weighted by Crippen LogP contribution is -2.39. The number of esters is 2. The molecule has 1 saturated carbocycles. The van der Waals surface area contributed by atoms with Gasteiger partial charge in [-0.15, -0.1) is 0 Å². The minimum absolute atomic E-state index is 0.0173. The molecule has 1 aliphatic carbocycles. The first-order valence-corrected chi connectivity index (χ1v) is 10.4. The summed E-state index contributed by atoms with van der Waals surface area (Å²) in [6.45, 7) is 5.32. The lowest BCUT2D eigenvalue weighted by molar-refractivity contribution is -0.154. The van der Waals surface area contributed by atoms with Crippen LogP contribution < -0.4 is 5.32 Å². The van der Waals surface area contributed by atoms with Crippen molar-refractivity contribution in [1.82, 2.24) is 5.32 Å². The van der Waals surface area contributed by atoms with Crippen molar-refractivity contribution in [3.05, 3.63) is 35.9 Å². The van der Waals surface area contributed by atoms with E-state index in [1.54, 1.807) is 20.8 Å². The zero-order valence-electron chi connectivity index (χ0n) is 17.7. The van der Waals surface area contributed by atoms with Crippen LogP contribution in [0.5, 0.6) is 0 Å². The maximum atomic E-state index is 12.7. The quantitative estimate of drug-likeness (QED) is 0.635. The fourth-order valence-corrected chi connectivity index (χ4v) is 3.61. The van der Waals surface area contributed by atoms with Crippen molar-refractivity contribution < 1.29 is 23.9 Å². The molecule has 1 fully saturated rings. The van der Waals surface area contributed by atoms with Crippen LogP contribution in [0.1, 0.15) is 64.9 Å². The van der Waals surface area contributed by atoms with Crippen LogP contribution in [0.25, 0.3) is 0 Å². The largest absolute Gasteiger partial charge is 0.461 e. The molecule has 2 rings (SSSR count). The molecule has 0 saturated heterocycles. The molecule has 0 heterocycles. The van der Waals surface area contributed by atoms with Gasteiger partial charge in [0.05, 0.1) is 6.42 Å². The third-order valence-electron chi connectivity index (χ3n) is 4.95. The van der Waals surface area contributed by atoms with Gasteiger partial charge in [-0.3, -0.25) is 14.4 Å². The Morgan fingerprint density at radius 1 is 1.07 bits per heavy atom. The number of ether oxygens (including phenoxy) is 2. The van der Waals surface area contributed by atoms with Crippen molar-refractivity contribution in [3.8, 4) is 0 Å².